The van der Waals surface area contributed by atoms with E-state index in [9.17, 15) is 0 Å². The fourth-order valence-corrected chi connectivity index (χ4v) is 2.99. The molecule has 2 aromatic rings. The summed E-state index contributed by atoms with van der Waals surface area (Å²) in [5.74, 6) is 2.60. The van der Waals surface area contributed by atoms with E-state index in [1.54, 1.807) is 7.11 Å². The zero-order chi connectivity index (χ0) is 15.4. The number of methoxy groups -OCH3 is 1. The number of unbranched alkanes of at least 4 members (excludes halogenated alkanes) is 1. The van der Waals surface area contributed by atoms with Gasteiger partial charge in [-0.05, 0) is 44.3 Å². The number of pyridine rings is 1. The molecule has 0 spiro atoms. The maximum Gasteiger partial charge on any atom is 0.151 e. The zero-order valence-corrected chi connectivity index (χ0v) is 14.0. The number of fused-ring (bicyclic) bond motifs is 1. The lowest BCUT2D eigenvalue weighted by Crippen LogP contribution is -2.09. The Bertz CT molecular complexity index is 611. The van der Waals surface area contributed by atoms with Crippen LogP contribution in [0.1, 0.15) is 37.3 Å². The molecule has 6 heteroatoms. The summed E-state index contributed by atoms with van der Waals surface area (Å²) in [5, 5.41) is 0. The molecule has 0 aliphatic carbocycles. The van der Waals surface area contributed by atoms with Crippen LogP contribution in [0.15, 0.2) is 6.20 Å². The topological polar surface area (TPSA) is 66.0 Å². The lowest BCUT2D eigenvalue weighted by molar-refractivity contribution is 0.109. The molecule has 2 N–H and O–H groups in total. The van der Waals surface area contributed by atoms with Crippen LogP contribution in [0.2, 0.25) is 0 Å². The van der Waals surface area contributed by atoms with E-state index in [2.05, 4.69) is 27.7 Å². The zero-order valence-electron chi connectivity index (χ0n) is 13.2. The molecular formula is C15H24N4OS. The number of anilines is 1. The number of nitrogens with two attached hydrogens (primary N) is 1. The molecule has 0 aliphatic rings. The van der Waals surface area contributed by atoms with Crippen molar-refractivity contribution >= 4 is 28.6 Å². The van der Waals surface area contributed by atoms with E-state index >= 15 is 0 Å². The number of rotatable bonds is 7. The first-order valence-corrected chi connectivity index (χ1v) is 8.62. The summed E-state index contributed by atoms with van der Waals surface area (Å²) in [6, 6.07) is 0. The van der Waals surface area contributed by atoms with Gasteiger partial charge in [-0.15, -0.1) is 0 Å². The van der Waals surface area contributed by atoms with E-state index in [-0.39, 0.29) is 6.10 Å². The Hall–Kier alpha value is -1.27. The van der Waals surface area contributed by atoms with Gasteiger partial charge >= 0.3 is 0 Å². The van der Waals surface area contributed by atoms with Gasteiger partial charge in [0.05, 0.1) is 5.52 Å². The summed E-state index contributed by atoms with van der Waals surface area (Å²) in [7, 11) is 1.70. The van der Waals surface area contributed by atoms with Crippen molar-refractivity contribution in [3.8, 4) is 0 Å². The Kier molecular flexibility index (Phi) is 5.47. The van der Waals surface area contributed by atoms with Crippen LogP contribution in [0.4, 0.5) is 5.82 Å². The van der Waals surface area contributed by atoms with Gasteiger partial charge in [0, 0.05) is 19.9 Å². The molecule has 0 amide bonds. The van der Waals surface area contributed by atoms with Gasteiger partial charge in [-0.25, -0.2) is 9.97 Å². The minimum Gasteiger partial charge on any atom is -0.382 e. The van der Waals surface area contributed by atoms with E-state index < -0.39 is 0 Å². The molecule has 2 rings (SSSR count). The Morgan fingerprint density at radius 1 is 1.43 bits per heavy atom. The number of imidazole rings is 1. The first-order valence-electron chi connectivity index (χ1n) is 7.23. The Balaban J connectivity index is 2.44. The van der Waals surface area contributed by atoms with Gasteiger partial charge in [-0.2, -0.15) is 11.8 Å². The van der Waals surface area contributed by atoms with Gasteiger partial charge in [0.25, 0.3) is 0 Å². The molecule has 0 aromatic carbocycles. The predicted octanol–water partition coefficient (Wildman–Crippen LogP) is 3.17. The van der Waals surface area contributed by atoms with Crippen LogP contribution in [0.25, 0.3) is 11.0 Å². The van der Waals surface area contributed by atoms with Crippen LogP contribution in [0.5, 0.6) is 0 Å². The molecule has 2 aromatic heterocycles. The van der Waals surface area contributed by atoms with E-state index in [0.29, 0.717) is 5.82 Å². The van der Waals surface area contributed by atoms with Crippen molar-refractivity contribution in [2.75, 3.05) is 24.9 Å². The monoisotopic (exact) mass is 308 g/mol. The lowest BCUT2D eigenvalue weighted by Gasteiger charge is -2.14. The van der Waals surface area contributed by atoms with Crippen LogP contribution >= 0.6 is 11.8 Å². The second-order valence-corrected chi connectivity index (χ2v) is 6.21. The van der Waals surface area contributed by atoms with Crippen molar-refractivity contribution in [3.63, 3.8) is 0 Å². The standard InChI is InChI=1S/C15H24N4OS/c1-10-9-17-14(16)12-13(10)19(7-5-6-8-21-4)15(18-12)11(2)20-3/h9,11H,5-8H2,1-4H3,(H2,16,17). The minimum atomic E-state index is -0.0586. The fourth-order valence-electron chi connectivity index (χ4n) is 2.50. The van der Waals surface area contributed by atoms with Crippen molar-refractivity contribution in [1.29, 1.82) is 0 Å². The summed E-state index contributed by atoms with van der Waals surface area (Å²) in [4.78, 5) is 8.90. The van der Waals surface area contributed by atoms with E-state index in [4.69, 9.17) is 10.5 Å². The molecule has 5 nitrogen and oxygen atoms in total. The van der Waals surface area contributed by atoms with Gasteiger partial charge in [0.1, 0.15) is 17.4 Å². The fraction of sp³-hybridized carbons (Fsp3) is 0.600. The molecule has 1 unspecified atom stereocenters. The summed E-state index contributed by atoms with van der Waals surface area (Å²) in [6.07, 6.45) is 6.22. The lowest BCUT2D eigenvalue weighted by atomic mass is 10.2. The number of aryl methyl sites for hydroxylation is 2. The maximum atomic E-state index is 5.99. The highest BCUT2D eigenvalue weighted by atomic mass is 32.2. The second-order valence-electron chi connectivity index (χ2n) is 5.22. The number of hydrogen-bond donors (Lipinski definition) is 1. The number of ether oxygens (including phenoxy) is 1. The highest BCUT2D eigenvalue weighted by Crippen LogP contribution is 2.28. The highest BCUT2D eigenvalue weighted by molar-refractivity contribution is 7.98. The van der Waals surface area contributed by atoms with Gasteiger partial charge in [0.15, 0.2) is 5.82 Å². The summed E-state index contributed by atoms with van der Waals surface area (Å²) in [6.45, 7) is 5.00. The third-order valence-corrected chi connectivity index (χ3v) is 4.40. The molecule has 21 heavy (non-hydrogen) atoms. The first kappa shape index (κ1) is 16.1. The second kappa shape index (κ2) is 7.13. The maximum absolute atomic E-state index is 5.99. The predicted molar refractivity (Wildman–Crippen MR) is 89.7 cm³/mol. The van der Waals surface area contributed by atoms with E-state index in [1.165, 1.54) is 12.2 Å². The van der Waals surface area contributed by atoms with Crippen molar-refractivity contribution in [2.24, 2.45) is 0 Å². The molecule has 0 bridgehead atoms. The molecule has 2 heterocycles. The largest absolute Gasteiger partial charge is 0.382 e. The van der Waals surface area contributed by atoms with Crippen LogP contribution in [-0.2, 0) is 11.3 Å². The minimum absolute atomic E-state index is 0.0586. The third kappa shape index (κ3) is 3.32. The van der Waals surface area contributed by atoms with Crippen molar-refractivity contribution in [2.45, 2.75) is 39.3 Å². The average Bonchev–Trinajstić information content (AvgIpc) is 2.87. The third-order valence-electron chi connectivity index (χ3n) is 3.71. The first-order chi connectivity index (χ1) is 10.1. The molecule has 1 atom stereocenters. The van der Waals surface area contributed by atoms with Crippen LogP contribution in [0.3, 0.4) is 0 Å². The number of nitrogens with zero attached hydrogens (tertiary/aromatic N) is 3. The van der Waals surface area contributed by atoms with Crippen molar-refractivity contribution in [1.82, 2.24) is 14.5 Å². The summed E-state index contributed by atoms with van der Waals surface area (Å²) in [5.41, 5.74) is 8.98. The molecule has 0 aliphatic heterocycles. The molecule has 0 radical (unpaired) electrons. The van der Waals surface area contributed by atoms with Gasteiger partial charge < -0.3 is 15.0 Å². The Morgan fingerprint density at radius 3 is 2.86 bits per heavy atom. The summed E-state index contributed by atoms with van der Waals surface area (Å²) >= 11 is 1.88. The van der Waals surface area contributed by atoms with E-state index in [1.807, 2.05) is 24.9 Å². The van der Waals surface area contributed by atoms with Gasteiger partial charge in [0.2, 0.25) is 0 Å². The Morgan fingerprint density at radius 2 is 2.19 bits per heavy atom. The molecule has 116 valence electrons. The van der Waals surface area contributed by atoms with Gasteiger partial charge in [-0.1, -0.05) is 0 Å². The molecule has 0 saturated carbocycles. The Labute approximate surface area is 130 Å². The van der Waals surface area contributed by atoms with Crippen molar-refractivity contribution in [3.05, 3.63) is 17.6 Å². The number of aromatic nitrogens is 3. The normalized spacial score (nSPS) is 13.0. The molecule has 0 saturated heterocycles. The number of nitrogen functional groups attached to an aromatic ring is 1. The highest BCUT2D eigenvalue weighted by Gasteiger charge is 2.19. The van der Waals surface area contributed by atoms with Crippen LogP contribution < -0.4 is 5.73 Å². The number of thioether (sulfide) groups is 1. The van der Waals surface area contributed by atoms with Gasteiger partial charge in [-0.3, -0.25) is 0 Å². The van der Waals surface area contributed by atoms with Crippen LogP contribution in [-0.4, -0.2) is 33.7 Å². The summed E-state index contributed by atoms with van der Waals surface area (Å²) < 4.78 is 7.71. The van der Waals surface area contributed by atoms with Crippen LogP contribution in [0, 0.1) is 6.92 Å². The molecule has 0 fully saturated rings. The van der Waals surface area contributed by atoms with E-state index in [0.717, 1.165) is 35.4 Å². The number of hydrogen-bond acceptors (Lipinski definition) is 5. The SMILES string of the molecule is COC(C)c1nc2c(N)ncc(C)c2n1CCCCSC. The smallest absolute Gasteiger partial charge is 0.151 e. The molecular weight excluding hydrogens is 284 g/mol. The quantitative estimate of drug-likeness (QED) is 0.796. The van der Waals surface area contributed by atoms with Crippen molar-refractivity contribution < 1.29 is 4.74 Å². The average molecular weight is 308 g/mol.